The smallest absolute Gasteiger partial charge is 0.118 e. The van der Waals surface area contributed by atoms with Crippen LogP contribution in [0.2, 0.25) is 0 Å². The van der Waals surface area contributed by atoms with Gasteiger partial charge in [-0.2, -0.15) is 0 Å². The highest BCUT2D eigenvalue weighted by molar-refractivity contribution is 5.43. The summed E-state index contributed by atoms with van der Waals surface area (Å²) < 4.78 is 0. The third kappa shape index (κ3) is 4.03. The van der Waals surface area contributed by atoms with E-state index >= 15 is 0 Å². The van der Waals surface area contributed by atoms with Gasteiger partial charge in [0, 0.05) is 5.92 Å². The Hall–Kier alpha value is -2.74. The third-order valence-electron chi connectivity index (χ3n) is 4.81. The molecular weight excluding hydrogens is 308 g/mol. The summed E-state index contributed by atoms with van der Waals surface area (Å²) in [5, 5.41) is 19.7. The standard InChI is InChI=1S/C23H24O2/c1-16-14-19(9-12-22(16)24)21(11-8-18-6-4-3-5-7-18)20-10-13-23(25)17(2)15-20/h3-7,9-10,12-15,21,24-25H,8,11H2,1-2H3. The molecule has 0 aliphatic carbocycles. The van der Waals surface area contributed by atoms with E-state index in [1.54, 1.807) is 12.1 Å². The number of hydrogen-bond acceptors (Lipinski definition) is 2. The Bertz CT molecular complexity index is 802. The number of phenols is 2. The molecule has 0 aliphatic rings. The van der Waals surface area contributed by atoms with Gasteiger partial charge in [-0.25, -0.2) is 0 Å². The minimum absolute atomic E-state index is 0.221. The van der Waals surface area contributed by atoms with Crippen LogP contribution in [0.3, 0.4) is 0 Å². The molecule has 0 amide bonds. The molecular formula is C23H24O2. The van der Waals surface area contributed by atoms with Gasteiger partial charge in [-0.15, -0.1) is 0 Å². The van der Waals surface area contributed by atoms with Gasteiger partial charge in [0.25, 0.3) is 0 Å². The molecule has 0 bridgehead atoms. The monoisotopic (exact) mass is 332 g/mol. The van der Waals surface area contributed by atoms with Crippen LogP contribution in [0.15, 0.2) is 66.7 Å². The van der Waals surface area contributed by atoms with E-state index < -0.39 is 0 Å². The number of benzene rings is 3. The lowest BCUT2D eigenvalue weighted by atomic mass is 9.85. The number of aromatic hydroxyl groups is 2. The number of hydrogen-bond donors (Lipinski definition) is 2. The van der Waals surface area contributed by atoms with E-state index in [9.17, 15) is 10.2 Å². The van der Waals surface area contributed by atoms with Crippen LogP contribution in [-0.4, -0.2) is 10.2 Å². The molecule has 0 fully saturated rings. The first-order valence-electron chi connectivity index (χ1n) is 8.67. The van der Waals surface area contributed by atoms with Crippen molar-refractivity contribution < 1.29 is 10.2 Å². The Balaban J connectivity index is 1.94. The first-order chi connectivity index (χ1) is 12.0. The average molecular weight is 332 g/mol. The van der Waals surface area contributed by atoms with Gasteiger partial charge in [0.15, 0.2) is 0 Å². The Kier molecular flexibility index (Phi) is 5.08. The minimum atomic E-state index is 0.221. The lowest BCUT2D eigenvalue weighted by molar-refractivity contribution is 0.470. The number of aryl methyl sites for hydroxylation is 3. The molecule has 0 saturated heterocycles. The molecule has 0 radical (unpaired) electrons. The van der Waals surface area contributed by atoms with Gasteiger partial charge >= 0.3 is 0 Å². The summed E-state index contributed by atoms with van der Waals surface area (Å²) in [7, 11) is 0. The van der Waals surface area contributed by atoms with Crippen LogP contribution in [0.5, 0.6) is 11.5 Å². The first kappa shape index (κ1) is 17.1. The van der Waals surface area contributed by atoms with E-state index in [1.807, 2.05) is 32.0 Å². The molecule has 0 atom stereocenters. The molecule has 3 rings (SSSR count). The molecule has 0 saturated carbocycles. The molecule has 3 aromatic carbocycles. The van der Waals surface area contributed by atoms with Crippen LogP contribution in [0.4, 0.5) is 0 Å². The molecule has 0 unspecified atom stereocenters. The van der Waals surface area contributed by atoms with Gasteiger partial charge in [0.2, 0.25) is 0 Å². The fourth-order valence-corrected chi connectivity index (χ4v) is 3.27. The van der Waals surface area contributed by atoms with Gasteiger partial charge in [-0.3, -0.25) is 0 Å². The maximum Gasteiger partial charge on any atom is 0.118 e. The van der Waals surface area contributed by atoms with Gasteiger partial charge in [0.1, 0.15) is 11.5 Å². The van der Waals surface area contributed by atoms with E-state index in [0.29, 0.717) is 11.5 Å². The van der Waals surface area contributed by atoms with Crippen molar-refractivity contribution in [1.82, 2.24) is 0 Å². The summed E-state index contributed by atoms with van der Waals surface area (Å²) in [5.41, 5.74) is 5.47. The lowest BCUT2D eigenvalue weighted by Gasteiger charge is -2.20. The molecule has 2 nitrogen and oxygen atoms in total. The maximum absolute atomic E-state index is 9.85. The minimum Gasteiger partial charge on any atom is -0.508 e. The number of phenolic OH excluding ortho intramolecular Hbond substituents is 2. The molecule has 25 heavy (non-hydrogen) atoms. The fraction of sp³-hybridized carbons (Fsp3) is 0.217. The van der Waals surface area contributed by atoms with Crippen molar-refractivity contribution in [1.29, 1.82) is 0 Å². The second-order valence-electron chi connectivity index (χ2n) is 6.67. The van der Waals surface area contributed by atoms with Crippen molar-refractivity contribution in [3.63, 3.8) is 0 Å². The summed E-state index contributed by atoms with van der Waals surface area (Å²) in [6.07, 6.45) is 1.95. The molecule has 128 valence electrons. The molecule has 2 heteroatoms. The Morgan fingerprint density at radius 3 is 1.72 bits per heavy atom. The average Bonchev–Trinajstić information content (AvgIpc) is 2.62. The molecule has 0 aromatic heterocycles. The summed E-state index contributed by atoms with van der Waals surface area (Å²) in [4.78, 5) is 0. The molecule has 3 aromatic rings. The summed E-state index contributed by atoms with van der Waals surface area (Å²) in [6, 6.07) is 22.1. The quantitative estimate of drug-likeness (QED) is 0.649. The second-order valence-corrected chi connectivity index (χ2v) is 6.67. The van der Waals surface area contributed by atoms with E-state index in [4.69, 9.17) is 0 Å². The summed E-state index contributed by atoms with van der Waals surface area (Å²) in [6.45, 7) is 3.85. The van der Waals surface area contributed by atoms with E-state index in [2.05, 4.69) is 36.4 Å². The molecule has 0 spiro atoms. The predicted octanol–water partition coefficient (Wildman–Crippen LogP) is 5.48. The second kappa shape index (κ2) is 7.43. The van der Waals surface area contributed by atoms with Gasteiger partial charge in [-0.1, -0.05) is 54.6 Å². The Morgan fingerprint density at radius 1 is 0.720 bits per heavy atom. The van der Waals surface area contributed by atoms with Crippen molar-refractivity contribution >= 4 is 0 Å². The summed E-state index contributed by atoms with van der Waals surface area (Å²) in [5.74, 6) is 0.874. The first-order valence-corrected chi connectivity index (χ1v) is 8.67. The number of rotatable bonds is 5. The van der Waals surface area contributed by atoms with Crippen LogP contribution in [0, 0.1) is 13.8 Å². The lowest BCUT2D eigenvalue weighted by Crippen LogP contribution is -2.04. The van der Waals surface area contributed by atoms with Crippen LogP contribution in [0.25, 0.3) is 0 Å². The fourth-order valence-electron chi connectivity index (χ4n) is 3.27. The highest BCUT2D eigenvalue weighted by Crippen LogP contribution is 2.33. The Labute approximate surface area is 149 Å². The maximum atomic E-state index is 9.85. The van der Waals surface area contributed by atoms with Crippen LogP contribution in [0.1, 0.15) is 40.2 Å². The summed E-state index contributed by atoms with van der Waals surface area (Å²) >= 11 is 0. The normalized spacial score (nSPS) is 11.0. The molecule has 2 N–H and O–H groups in total. The van der Waals surface area contributed by atoms with Crippen molar-refractivity contribution in [2.24, 2.45) is 0 Å². The zero-order chi connectivity index (χ0) is 17.8. The van der Waals surface area contributed by atoms with Gasteiger partial charge < -0.3 is 10.2 Å². The molecule has 0 aliphatic heterocycles. The van der Waals surface area contributed by atoms with Crippen molar-refractivity contribution in [3.05, 3.63) is 94.5 Å². The zero-order valence-corrected chi connectivity index (χ0v) is 14.7. The van der Waals surface area contributed by atoms with Gasteiger partial charge in [-0.05, 0) is 66.6 Å². The topological polar surface area (TPSA) is 40.5 Å². The third-order valence-corrected chi connectivity index (χ3v) is 4.81. The van der Waals surface area contributed by atoms with E-state index in [1.165, 1.54) is 16.7 Å². The van der Waals surface area contributed by atoms with Crippen molar-refractivity contribution in [3.8, 4) is 11.5 Å². The Morgan fingerprint density at radius 2 is 1.24 bits per heavy atom. The SMILES string of the molecule is Cc1cc(C(CCc2ccccc2)c2ccc(O)c(C)c2)ccc1O. The van der Waals surface area contributed by atoms with Crippen molar-refractivity contribution in [2.75, 3.05) is 0 Å². The highest BCUT2D eigenvalue weighted by atomic mass is 16.3. The zero-order valence-electron chi connectivity index (χ0n) is 14.7. The van der Waals surface area contributed by atoms with Crippen LogP contribution < -0.4 is 0 Å². The van der Waals surface area contributed by atoms with E-state index in [0.717, 1.165) is 24.0 Å². The van der Waals surface area contributed by atoms with Crippen molar-refractivity contribution in [2.45, 2.75) is 32.6 Å². The largest absolute Gasteiger partial charge is 0.508 e. The van der Waals surface area contributed by atoms with Crippen LogP contribution in [-0.2, 0) is 6.42 Å². The molecule has 0 heterocycles. The van der Waals surface area contributed by atoms with E-state index in [-0.39, 0.29) is 5.92 Å². The predicted molar refractivity (Wildman–Crippen MR) is 102 cm³/mol. The van der Waals surface area contributed by atoms with Crippen LogP contribution >= 0.6 is 0 Å². The highest BCUT2D eigenvalue weighted by Gasteiger charge is 2.16. The van der Waals surface area contributed by atoms with Gasteiger partial charge in [0.05, 0.1) is 0 Å².